The summed E-state index contributed by atoms with van der Waals surface area (Å²) in [6, 6.07) is 14.4. The fourth-order valence-corrected chi connectivity index (χ4v) is 3.49. The van der Waals surface area contributed by atoms with Crippen LogP contribution in [0.2, 0.25) is 0 Å². The van der Waals surface area contributed by atoms with Gasteiger partial charge in [-0.2, -0.15) is 0 Å². The quantitative estimate of drug-likeness (QED) is 0.871. The number of benzene rings is 1. The second-order valence-electron chi connectivity index (χ2n) is 6.55. The molecule has 1 saturated carbocycles. The molecule has 0 N–H and O–H groups in total. The Bertz CT molecular complexity index is 645. The summed E-state index contributed by atoms with van der Waals surface area (Å²) in [7, 11) is 0. The van der Waals surface area contributed by atoms with Crippen LogP contribution in [0.5, 0.6) is 0 Å². The van der Waals surface area contributed by atoms with Crippen molar-refractivity contribution in [3.8, 4) is 0 Å². The van der Waals surface area contributed by atoms with Crippen molar-refractivity contribution in [3.63, 3.8) is 0 Å². The molecule has 1 aromatic carbocycles. The van der Waals surface area contributed by atoms with E-state index in [4.69, 9.17) is 4.42 Å². The molecule has 2 heterocycles. The Morgan fingerprint density at radius 1 is 1.04 bits per heavy atom. The third-order valence-electron chi connectivity index (χ3n) is 4.95. The number of carbonyl (C=O) groups excluding carboxylic acids is 1. The largest absolute Gasteiger partial charge is 0.469 e. The van der Waals surface area contributed by atoms with Crippen LogP contribution >= 0.6 is 0 Å². The van der Waals surface area contributed by atoms with E-state index in [2.05, 4.69) is 29.2 Å². The highest BCUT2D eigenvalue weighted by atomic mass is 16.3. The maximum atomic E-state index is 12.6. The molecule has 4 nitrogen and oxygen atoms in total. The molecule has 2 fully saturated rings. The molecule has 4 rings (SSSR count). The Hall–Kier alpha value is -2.07. The van der Waals surface area contributed by atoms with Gasteiger partial charge in [0.05, 0.1) is 6.26 Å². The summed E-state index contributed by atoms with van der Waals surface area (Å²) < 4.78 is 5.43. The number of piperazine rings is 1. The van der Waals surface area contributed by atoms with Gasteiger partial charge >= 0.3 is 0 Å². The molecule has 0 spiro atoms. The molecule has 0 bridgehead atoms. The lowest BCUT2D eigenvalue weighted by Gasteiger charge is -2.35. The van der Waals surface area contributed by atoms with Gasteiger partial charge in [-0.1, -0.05) is 30.3 Å². The molecule has 1 saturated heterocycles. The van der Waals surface area contributed by atoms with Gasteiger partial charge in [0.25, 0.3) is 0 Å². The van der Waals surface area contributed by atoms with E-state index in [1.165, 1.54) is 5.56 Å². The number of hydrogen-bond acceptors (Lipinski definition) is 3. The first-order valence-corrected chi connectivity index (χ1v) is 8.40. The van der Waals surface area contributed by atoms with Gasteiger partial charge in [-0.05, 0) is 24.1 Å². The van der Waals surface area contributed by atoms with Gasteiger partial charge in [-0.15, -0.1) is 0 Å². The highest BCUT2D eigenvalue weighted by Gasteiger charge is 2.47. The number of nitrogens with zero attached hydrogens (tertiary/aromatic N) is 2. The summed E-state index contributed by atoms with van der Waals surface area (Å²) in [6.07, 6.45) is 2.63. The van der Waals surface area contributed by atoms with E-state index in [1.54, 1.807) is 6.26 Å². The van der Waals surface area contributed by atoms with Crippen molar-refractivity contribution in [1.82, 2.24) is 9.80 Å². The van der Waals surface area contributed by atoms with Gasteiger partial charge in [-0.3, -0.25) is 9.69 Å². The van der Waals surface area contributed by atoms with E-state index >= 15 is 0 Å². The number of carbonyl (C=O) groups is 1. The van der Waals surface area contributed by atoms with Crippen molar-refractivity contribution in [2.45, 2.75) is 18.9 Å². The highest BCUT2D eigenvalue weighted by molar-refractivity contribution is 5.83. The second kappa shape index (κ2) is 6.20. The van der Waals surface area contributed by atoms with Crippen LogP contribution in [-0.4, -0.2) is 41.9 Å². The summed E-state index contributed by atoms with van der Waals surface area (Å²) in [5, 5.41) is 0. The maximum absolute atomic E-state index is 12.6. The van der Waals surface area contributed by atoms with Gasteiger partial charge in [0.2, 0.25) is 5.91 Å². The zero-order valence-corrected chi connectivity index (χ0v) is 13.2. The van der Waals surface area contributed by atoms with Crippen LogP contribution in [0, 0.1) is 5.92 Å². The molecule has 1 amide bonds. The topological polar surface area (TPSA) is 36.7 Å². The van der Waals surface area contributed by atoms with Crippen LogP contribution in [0.15, 0.2) is 53.1 Å². The van der Waals surface area contributed by atoms with Crippen LogP contribution < -0.4 is 0 Å². The zero-order chi connectivity index (χ0) is 15.6. The molecule has 2 aliphatic rings. The molecule has 0 unspecified atom stereocenters. The first-order valence-electron chi connectivity index (χ1n) is 8.40. The lowest BCUT2D eigenvalue weighted by Crippen LogP contribution is -2.48. The van der Waals surface area contributed by atoms with E-state index in [1.807, 2.05) is 23.1 Å². The van der Waals surface area contributed by atoms with Crippen LogP contribution in [0.3, 0.4) is 0 Å². The van der Waals surface area contributed by atoms with Crippen molar-refractivity contribution in [3.05, 3.63) is 60.1 Å². The molecule has 1 aliphatic heterocycles. The molecule has 120 valence electrons. The first kappa shape index (κ1) is 14.5. The van der Waals surface area contributed by atoms with Crippen LogP contribution in [0.1, 0.15) is 23.7 Å². The van der Waals surface area contributed by atoms with E-state index in [0.717, 1.165) is 44.9 Å². The maximum Gasteiger partial charge on any atom is 0.226 e. The van der Waals surface area contributed by atoms with Crippen LogP contribution in [-0.2, 0) is 11.3 Å². The number of furan rings is 1. The van der Waals surface area contributed by atoms with Crippen molar-refractivity contribution in [1.29, 1.82) is 0 Å². The summed E-state index contributed by atoms with van der Waals surface area (Å²) in [6.45, 7) is 4.57. The first-order chi connectivity index (χ1) is 11.3. The Morgan fingerprint density at radius 2 is 1.83 bits per heavy atom. The lowest BCUT2D eigenvalue weighted by molar-refractivity contribution is -0.134. The van der Waals surface area contributed by atoms with Crippen molar-refractivity contribution in [2.24, 2.45) is 5.92 Å². The van der Waals surface area contributed by atoms with E-state index in [0.29, 0.717) is 11.8 Å². The SMILES string of the molecule is O=C([C@@H]1C[C@H]1c1ccco1)N1CCN(Cc2ccccc2)CC1. The molecule has 1 aliphatic carbocycles. The Labute approximate surface area is 136 Å². The monoisotopic (exact) mass is 310 g/mol. The van der Waals surface area contributed by atoms with Gasteiger partial charge in [0.1, 0.15) is 5.76 Å². The zero-order valence-electron chi connectivity index (χ0n) is 13.2. The molecule has 23 heavy (non-hydrogen) atoms. The normalized spacial score (nSPS) is 24.6. The highest BCUT2D eigenvalue weighted by Crippen LogP contribution is 2.48. The molecular formula is C19H22N2O2. The minimum atomic E-state index is 0.141. The molecule has 4 heteroatoms. The van der Waals surface area contributed by atoms with Crippen molar-refractivity contribution in [2.75, 3.05) is 26.2 Å². The lowest BCUT2D eigenvalue weighted by atomic mass is 10.2. The number of hydrogen-bond donors (Lipinski definition) is 0. The average Bonchev–Trinajstić information content (AvgIpc) is 3.21. The number of amides is 1. The van der Waals surface area contributed by atoms with Crippen molar-refractivity contribution < 1.29 is 9.21 Å². The summed E-state index contributed by atoms with van der Waals surface area (Å²) in [5.74, 6) is 1.72. The predicted octanol–water partition coefficient (Wildman–Crippen LogP) is 2.73. The molecular weight excluding hydrogens is 288 g/mol. The molecule has 0 radical (unpaired) electrons. The molecule has 2 atom stereocenters. The standard InChI is InChI=1S/C19H22N2O2/c22-19(17-13-16(17)18-7-4-12-23-18)21-10-8-20(9-11-21)14-15-5-2-1-3-6-15/h1-7,12,16-17H,8-11,13-14H2/t16-,17-/m1/s1. The van der Waals surface area contributed by atoms with E-state index in [-0.39, 0.29) is 5.92 Å². The minimum Gasteiger partial charge on any atom is -0.469 e. The Morgan fingerprint density at radius 3 is 2.52 bits per heavy atom. The second-order valence-corrected chi connectivity index (χ2v) is 6.55. The summed E-state index contributed by atoms with van der Waals surface area (Å²) in [4.78, 5) is 17.1. The summed E-state index contributed by atoms with van der Waals surface area (Å²) >= 11 is 0. The van der Waals surface area contributed by atoms with Gasteiger partial charge in [-0.25, -0.2) is 0 Å². The Kier molecular flexibility index (Phi) is 3.92. The Balaban J connectivity index is 1.28. The smallest absolute Gasteiger partial charge is 0.226 e. The third kappa shape index (κ3) is 3.17. The fourth-order valence-electron chi connectivity index (χ4n) is 3.49. The van der Waals surface area contributed by atoms with Gasteiger partial charge in [0, 0.05) is 44.6 Å². The van der Waals surface area contributed by atoms with Crippen LogP contribution in [0.4, 0.5) is 0 Å². The van der Waals surface area contributed by atoms with E-state index in [9.17, 15) is 4.79 Å². The molecule has 2 aromatic rings. The minimum absolute atomic E-state index is 0.141. The fraction of sp³-hybridized carbons (Fsp3) is 0.421. The third-order valence-corrected chi connectivity index (χ3v) is 4.95. The molecule has 1 aromatic heterocycles. The predicted molar refractivity (Wildman–Crippen MR) is 87.9 cm³/mol. The van der Waals surface area contributed by atoms with Gasteiger partial charge in [0.15, 0.2) is 0 Å². The van der Waals surface area contributed by atoms with Crippen molar-refractivity contribution >= 4 is 5.91 Å². The summed E-state index contributed by atoms with van der Waals surface area (Å²) in [5.41, 5.74) is 1.34. The van der Waals surface area contributed by atoms with Gasteiger partial charge < -0.3 is 9.32 Å². The number of rotatable bonds is 4. The van der Waals surface area contributed by atoms with Crippen LogP contribution in [0.25, 0.3) is 0 Å². The van der Waals surface area contributed by atoms with E-state index < -0.39 is 0 Å². The average molecular weight is 310 g/mol.